The first kappa shape index (κ1) is 13.4. The van der Waals surface area contributed by atoms with Gasteiger partial charge in [0.2, 0.25) is 0 Å². The molecule has 0 aromatic carbocycles. The van der Waals surface area contributed by atoms with E-state index in [-0.39, 0.29) is 9.76 Å². The molecule has 1 rings (SSSR count). The van der Waals surface area contributed by atoms with Crippen molar-refractivity contribution in [2.75, 3.05) is 13.2 Å². The minimum atomic E-state index is -1.38. The highest BCUT2D eigenvalue weighted by Gasteiger charge is 2.24. The maximum atomic E-state index is 5.85. The molecular formula is C10H23O3Si2. The molecule has 0 heterocycles. The Morgan fingerprint density at radius 2 is 1.73 bits per heavy atom. The lowest BCUT2D eigenvalue weighted by Gasteiger charge is -2.25. The van der Waals surface area contributed by atoms with Gasteiger partial charge in [-0.3, -0.25) is 0 Å². The summed E-state index contributed by atoms with van der Waals surface area (Å²) < 4.78 is 17.1. The second-order valence-corrected chi connectivity index (χ2v) is 7.77. The lowest BCUT2D eigenvalue weighted by Crippen LogP contribution is -2.32. The molecule has 0 saturated heterocycles. The van der Waals surface area contributed by atoms with Gasteiger partial charge < -0.3 is 13.0 Å². The van der Waals surface area contributed by atoms with Gasteiger partial charge >= 0.3 is 9.53 Å². The highest BCUT2D eigenvalue weighted by atomic mass is 28.4. The Labute approximate surface area is 97.4 Å². The number of rotatable bonds is 9. The van der Waals surface area contributed by atoms with Crippen LogP contribution in [0.25, 0.3) is 0 Å². The van der Waals surface area contributed by atoms with Crippen LogP contribution in [-0.4, -0.2) is 32.5 Å². The fraction of sp³-hybridized carbons (Fsp3) is 1.00. The zero-order valence-electron chi connectivity index (χ0n) is 9.96. The van der Waals surface area contributed by atoms with Crippen LogP contribution in [0.4, 0.5) is 0 Å². The van der Waals surface area contributed by atoms with Crippen LogP contribution in [0.1, 0.15) is 46.0 Å². The zero-order chi connectivity index (χ0) is 10.9. The van der Waals surface area contributed by atoms with Gasteiger partial charge in [-0.1, -0.05) is 33.1 Å². The number of hydrogen-bond donors (Lipinski definition) is 0. The van der Waals surface area contributed by atoms with Gasteiger partial charge in [-0.25, -0.2) is 0 Å². The van der Waals surface area contributed by atoms with Crippen LogP contribution in [0.3, 0.4) is 0 Å². The van der Waals surface area contributed by atoms with Gasteiger partial charge in [-0.05, 0) is 18.4 Å². The quantitative estimate of drug-likeness (QED) is 0.583. The van der Waals surface area contributed by atoms with Crippen LogP contribution in [0.2, 0.25) is 5.54 Å². The van der Waals surface area contributed by atoms with Crippen molar-refractivity contribution in [1.82, 2.24) is 0 Å². The topological polar surface area (TPSA) is 27.7 Å². The monoisotopic (exact) mass is 247 g/mol. The Hall–Kier alpha value is 0.314. The molecule has 0 aromatic rings. The zero-order valence-corrected chi connectivity index (χ0v) is 12.4. The molecule has 0 atom stereocenters. The van der Waals surface area contributed by atoms with E-state index >= 15 is 0 Å². The fourth-order valence-electron chi connectivity index (χ4n) is 1.34. The summed E-state index contributed by atoms with van der Waals surface area (Å²) in [5.41, 5.74) is 0.903. The smallest absolute Gasteiger partial charge is 0.419 e. The van der Waals surface area contributed by atoms with E-state index in [2.05, 4.69) is 13.8 Å². The summed E-state index contributed by atoms with van der Waals surface area (Å²) in [5, 5.41) is 0. The van der Waals surface area contributed by atoms with Gasteiger partial charge in [0.15, 0.2) is 9.76 Å². The Kier molecular flexibility index (Phi) is 7.55. The second kappa shape index (κ2) is 8.46. The average Bonchev–Trinajstić information content (AvgIpc) is 2.19. The molecule has 1 radical (unpaired) electrons. The molecule has 1 fully saturated rings. The van der Waals surface area contributed by atoms with Gasteiger partial charge in [-0.15, -0.1) is 0 Å². The van der Waals surface area contributed by atoms with Gasteiger partial charge in [0.1, 0.15) is 0 Å². The van der Waals surface area contributed by atoms with Gasteiger partial charge in [0.05, 0.1) is 0 Å². The Balaban J connectivity index is 2.08. The largest absolute Gasteiger partial charge is 0.566 e. The van der Waals surface area contributed by atoms with Crippen molar-refractivity contribution in [3.8, 4) is 0 Å². The van der Waals surface area contributed by atoms with Crippen LogP contribution < -0.4 is 0 Å². The maximum Gasteiger partial charge on any atom is 0.566 e. The minimum Gasteiger partial charge on any atom is -0.419 e. The van der Waals surface area contributed by atoms with Crippen LogP contribution in [0, 0.1) is 0 Å². The SMILES string of the molecule is CCCO[Si](OCCC)O[SiH2]C1CCC1. The van der Waals surface area contributed by atoms with E-state index in [1.807, 2.05) is 0 Å². The molecule has 0 bridgehead atoms. The molecule has 89 valence electrons. The molecule has 15 heavy (non-hydrogen) atoms. The van der Waals surface area contributed by atoms with Crippen molar-refractivity contribution in [3.63, 3.8) is 0 Å². The van der Waals surface area contributed by atoms with Crippen molar-refractivity contribution in [1.29, 1.82) is 0 Å². The van der Waals surface area contributed by atoms with E-state index in [4.69, 9.17) is 13.0 Å². The summed E-state index contributed by atoms with van der Waals surface area (Å²) in [7, 11) is -1.76. The van der Waals surface area contributed by atoms with Crippen LogP contribution in [0.15, 0.2) is 0 Å². The molecule has 0 unspecified atom stereocenters. The lowest BCUT2D eigenvalue weighted by atomic mass is 10.00. The van der Waals surface area contributed by atoms with Crippen molar-refractivity contribution in [3.05, 3.63) is 0 Å². The third kappa shape index (κ3) is 5.82. The summed E-state index contributed by atoms with van der Waals surface area (Å²) in [4.78, 5) is 0. The molecule has 1 aliphatic rings. The molecule has 0 aliphatic heterocycles. The van der Waals surface area contributed by atoms with Crippen molar-refractivity contribution >= 4 is 19.3 Å². The standard InChI is InChI=1S/C10H23O3Si2/c1-3-8-11-15(12-9-4-2)13-14-10-6-5-7-10/h10H,3-9,14H2,1-2H3. The summed E-state index contributed by atoms with van der Waals surface area (Å²) in [6.07, 6.45) is 6.23. The third-order valence-electron chi connectivity index (χ3n) is 2.51. The maximum absolute atomic E-state index is 5.85. The summed E-state index contributed by atoms with van der Waals surface area (Å²) in [5.74, 6) is 0. The first-order valence-electron chi connectivity index (χ1n) is 6.12. The van der Waals surface area contributed by atoms with Crippen LogP contribution >= 0.6 is 0 Å². The van der Waals surface area contributed by atoms with Crippen LogP contribution in [0.5, 0.6) is 0 Å². The first-order chi connectivity index (χ1) is 7.36. The van der Waals surface area contributed by atoms with E-state index in [1.165, 1.54) is 19.3 Å². The second-order valence-electron chi connectivity index (χ2n) is 4.05. The highest BCUT2D eigenvalue weighted by molar-refractivity contribution is 6.48. The molecule has 1 saturated carbocycles. The summed E-state index contributed by atoms with van der Waals surface area (Å²) in [6, 6.07) is 0. The Morgan fingerprint density at radius 3 is 2.13 bits per heavy atom. The first-order valence-corrected chi connectivity index (χ1v) is 8.74. The van der Waals surface area contributed by atoms with E-state index in [0.717, 1.165) is 31.6 Å². The molecule has 0 aromatic heterocycles. The van der Waals surface area contributed by atoms with E-state index < -0.39 is 9.53 Å². The van der Waals surface area contributed by atoms with Gasteiger partial charge in [0, 0.05) is 13.2 Å². The van der Waals surface area contributed by atoms with E-state index in [9.17, 15) is 0 Å². The normalized spacial score (nSPS) is 17.8. The molecule has 1 aliphatic carbocycles. The molecule has 0 amide bonds. The molecule has 5 heteroatoms. The Morgan fingerprint density at radius 1 is 1.13 bits per heavy atom. The molecule has 3 nitrogen and oxygen atoms in total. The number of hydrogen-bond acceptors (Lipinski definition) is 3. The van der Waals surface area contributed by atoms with Crippen molar-refractivity contribution in [2.24, 2.45) is 0 Å². The average molecular weight is 247 g/mol. The van der Waals surface area contributed by atoms with Gasteiger partial charge in [-0.2, -0.15) is 0 Å². The molecule has 0 spiro atoms. The minimum absolute atomic E-state index is 0.386. The predicted octanol–water partition coefficient (Wildman–Crippen LogP) is 1.90. The van der Waals surface area contributed by atoms with E-state index in [0.29, 0.717) is 0 Å². The fourth-order valence-corrected chi connectivity index (χ4v) is 5.23. The van der Waals surface area contributed by atoms with E-state index in [1.54, 1.807) is 0 Å². The van der Waals surface area contributed by atoms with Crippen molar-refractivity contribution in [2.45, 2.75) is 51.5 Å². The van der Waals surface area contributed by atoms with Gasteiger partial charge in [0.25, 0.3) is 0 Å². The summed E-state index contributed by atoms with van der Waals surface area (Å²) >= 11 is 0. The molecular weight excluding hydrogens is 224 g/mol. The Bertz CT molecular complexity index is 146. The summed E-state index contributed by atoms with van der Waals surface area (Å²) in [6.45, 7) is 5.78. The van der Waals surface area contributed by atoms with Crippen molar-refractivity contribution < 1.29 is 13.0 Å². The highest BCUT2D eigenvalue weighted by Crippen LogP contribution is 2.31. The van der Waals surface area contributed by atoms with Crippen LogP contribution in [-0.2, 0) is 13.0 Å². The predicted molar refractivity (Wildman–Crippen MR) is 65.5 cm³/mol. The third-order valence-corrected chi connectivity index (χ3v) is 6.29. The lowest BCUT2D eigenvalue weighted by molar-refractivity contribution is 0.140. The molecule has 0 N–H and O–H groups in total.